The van der Waals surface area contributed by atoms with Gasteiger partial charge in [-0.25, -0.2) is 0 Å². The molecule has 1 atom stereocenters. The van der Waals surface area contributed by atoms with Gasteiger partial charge in [0, 0.05) is 29.8 Å². The normalized spacial score (nSPS) is 18.3. The monoisotopic (exact) mass is 324 g/mol. The van der Waals surface area contributed by atoms with E-state index in [9.17, 15) is 0 Å². The molecular formula is C16H25BrN2. The predicted molar refractivity (Wildman–Crippen MR) is 86.6 cm³/mol. The van der Waals surface area contributed by atoms with Crippen molar-refractivity contribution in [3.63, 3.8) is 0 Å². The lowest BCUT2D eigenvalue weighted by Gasteiger charge is -2.28. The maximum Gasteiger partial charge on any atom is 0.0375 e. The van der Waals surface area contributed by atoms with Gasteiger partial charge in [0.2, 0.25) is 0 Å². The van der Waals surface area contributed by atoms with Crippen LogP contribution in [-0.4, -0.2) is 13.6 Å². The van der Waals surface area contributed by atoms with Gasteiger partial charge in [-0.15, -0.1) is 0 Å². The van der Waals surface area contributed by atoms with Crippen molar-refractivity contribution in [3.8, 4) is 0 Å². The molecule has 1 aliphatic rings. The Morgan fingerprint density at radius 3 is 2.58 bits per heavy atom. The highest BCUT2D eigenvalue weighted by molar-refractivity contribution is 9.10. The fraction of sp³-hybridized carbons (Fsp3) is 0.625. The minimum Gasteiger partial charge on any atom is -0.374 e. The maximum absolute atomic E-state index is 5.95. The Hall–Kier alpha value is -0.540. The van der Waals surface area contributed by atoms with Crippen LogP contribution in [-0.2, 0) is 0 Å². The van der Waals surface area contributed by atoms with Crippen LogP contribution in [0.2, 0.25) is 0 Å². The number of nitrogens with zero attached hydrogens (tertiary/aromatic N) is 1. The van der Waals surface area contributed by atoms with Crippen molar-refractivity contribution in [3.05, 3.63) is 28.2 Å². The van der Waals surface area contributed by atoms with Gasteiger partial charge in [-0.2, -0.15) is 0 Å². The van der Waals surface area contributed by atoms with Gasteiger partial charge in [0.05, 0.1) is 0 Å². The molecule has 0 radical (unpaired) electrons. The average Bonchev–Trinajstić information content (AvgIpc) is 2.39. The van der Waals surface area contributed by atoms with Gasteiger partial charge >= 0.3 is 0 Å². The second-order valence-electron chi connectivity index (χ2n) is 5.88. The zero-order valence-corrected chi connectivity index (χ0v) is 13.6. The topological polar surface area (TPSA) is 29.3 Å². The molecule has 1 saturated carbocycles. The molecule has 0 amide bonds. The summed E-state index contributed by atoms with van der Waals surface area (Å²) < 4.78 is 1.12. The Morgan fingerprint density at radius 2 is 2.00 bits per heavy atom. The summed E-state index contributed by atoms with van der Waals surface area (Å²) in [6.07, 6.45) is 7.03. The molecule has 3 heteroatoms. The second kappa shape index (κ2) is 6.76. The molecular weight excluding hydrogens is 300 g/mol. The standard InChI is InChI=1S/C16H25BrN2/c1-12(18)15-9-8-14(10-16(15)17)19(2)11-13-6-4-3-5-7-13/h8-10,12-13H,3-7,11,18H2,1-2H3. The van der Waals surface area contributed by atoms with E-state index >= 15 is 0 Å². The van der Waals surface area contributed by atoms with E-state index in [1.807, 2.05) is 6.92 Å². The SMILES string of the molecule is CC(N)c1ccc(N(C)CC2CCCCC2)cc1Br. The number of hydrogen-bond donors (Lipinski definition) is 1. The Morgan fingerprint density at radius 1 is 1.32 bits per heavy atom. The van der Waals surface area contributed by atoms with Gasteiger partial charge in [0.25, 0.3) is 0 Å². The lowest BCUT2D eigenvalue weighted by molar-refractivity contribution is 0.362. The van der Waals surface area contributed by atoms with Crippen LogP contribution in [0.25, 0.3) is 0 Å². The highest BCUT2D eigenvalue weighted by Gasteiger charge is 2.16. The molecule has 0 aromatic heterocycles. The number of hydrogen-bond acceptors (Lipinski definition) is 2. The largest absolute Gasteiger partial charge is 0.374 e. The molecule has 0 heterocycles. The zero-order valence-electron chi connectivity index (χ0n) is 12.0. The first-order valence-electron chi connectivity index (χ1n) is 7.34. The fourth-order valence-electron chi connectivity index (χ4n) is 2.99. The van der Waals surface area contributed by atoms with E-state index in [2.05, 4.69) is 46.1 Å². The summed E-state index contributed by atoms with van der Waals surface area (Å²) in [4.78, 5) is 2.38. The third-order valence-electron chi connectivity index (χ3n) is 4.17. The number of halogens is 1. The second-order valence-corrected chi connectivity index (χ2v) is 6.73. The Labute approximate surface area is 125 Å². The van der Waals surface area contributed by atoms with Gasteiger partial charge in [-0.05, 0) is 43.4 Å². The van der Waals surface area contributed by atoms with Crippen molar-refractivity contribution in [2.45, 2.75) is 45.1 Å². The minimum absolute atomic E-state index is 0.0760. The predicted octanol–water partition coefficient (Wildman–Crippen LogP) is 4.49. The van der Waals surface area contributed by atoms with Crippen molar-refractivity contribution in [2.75, 3.05) is 18.5 Å². The summed E-state index contributed by atoms with van der Waals surface area (Å²) in [5.74, 6) is 0.866. The van der Waals surface area contributed by atoms with Crippen LogP contribution < -0.4 is 10.6 Å². The van der Waals surface area contributed by atoms with Crippen LogP contribution in [0.5, 0.6) is 0 Å². The van der Waals surface area contributed by atoms with Crippen LogP contribution >= 0.6 is 15.9 Å². The first-order chi connectivity index (χ1) is 9.08. The van der Waals surface area contributed by atoms with Gasteiger partial charge < -0.3 is 10.6 Å². The molecule has 2 rings (SSSR count). The molecule has 2 nitrogen and oxygen atoms in total. The Balaban J connectivity index is 2.02. The molecule has 0 saturated heterocycles. The summed E-state index contributed by atoms with van der Waals surface area (Å²) in [6, 6.07) is 6.60. The number of rotatable bonds is 4. The Bertz CT molecular complexity index is 411. The van der Waals surface area contributed by atoms with E-state index in [-0.39, 0.29) is 6.04 Å². The van der Waals surface area contributed by atoms with E-state index in [1.54, 1.807) is 0 Å². The highest BCUT2D eigenvalue weighted by atomic mass is 79.9. The lowest BCUT2D eigenvalue weighted by atomic mass is 9.89. The van der Waals surface area contributed by atoms with Crippen LogP contribution in [0.1, 0.15) is 50.6 Å². The molecule has 106 valence electrons. The molecule has 1 unspecified atom stereocenters. The van der Waals surface area contributed by atoms with Crippen LogP contribution in [0.15, 0.2) is 22.7 Å². The minimum atomic E-state index is 0.0760. The highest BCUT2D eigenvalue weighted by Crippen LogP contribution is 2.29. The molecule has 0 spiro atoms. The van der Waals surface area contributed by atoms with Crippen LogP contribution in [0.4, 0.5) is 5.69 Å². The molecule has 1 aromatic carbocycles. The third-order valence-corrected chi connectivity index (χ3v) is 4.86. The van der Waals surface area contributed by atoms with E-state index in [0.29, 0.717) is 0 Å². The quantitative estimate of drug-likeness (QED) is 0.884. The first kappa shape index (κ1) is 14.9. The van der Waals surface area contributed by atoms with Gasteiger partial charge in [0.1, 0.15) is 0 Å². The smallest absolute Gasteiger partial charge is 0.0375 e. The molecule has 1 fully saturated rings. The summed E-state index contributed by atoms with van der Waals surface area (Å²) in [5, 5.41) is 0. The van der Waals surface area contributed by atoms with Crippen LogP contribution in [0.3, 0.4) is 0 Å². The van der Waals surface area contributed by atoms with E-state index in [1.165, 1.54) is 49.9 Å². The van der Waals surface area contributed by atoms with Gasteiger partial charge in [-0.1, -0.05) is 41.3 Å². The lowest BCUT2D eigenvalue weighted by Crippen LogP contribution is -2.26. The molecule has 0 aliphatic heterocycles. The van der Waals surface area contributed by atoms with Gasteiger partial charge in [0.15, 0.2) is 0 Å². The van der Waals surface area contributed by atoms with E-state index < -0.39 is 0 Å². The average molecular weight is 325 g/mol. The van der Waals surface area contributed by atoms with E-state index in [4.69, 9.17) is 5.73 Å². The van der Waals surface area contributed by atoms with Crippen molar-refractivity contribution in [1.82, 2.24) is 0 Å². The number of nitrogens with two attached hydrogens (primary N) is 1. The maximum atomic E-state index is 5.95. The van der Waals surface area contributed by atoms with Crippen molar-refractivity contribution >= 4 is 21.6 Å². The van der Waals surface area contributed by atoms with Crippen molar-refractivity contribution in [2.24, 2.45) is 11.7 Å². The van der Waals surface area contributed by atoms with Gasteiger partial charge in [-0.3, -0.25) is 0 Å². The molecule has 1 aromatic rings. The summed E-state index contributed by atoms with van der Waals surface area (Å²) in [5.41, 5.74) is 8.40. The molecule has 0 bridgehead atoms. The summed E-state index contributed by atoms with van der Waals surface area (Å²) >= 11 is 3.63. The van der Waals surface area contributed by atoms with E-state index in [0.717, 1.165) is 10.4 Å². The zero-order chi connectivity index (χ0) is 13.8. The fourth-order valence-corrected chi connectivity index (χ4v) is 3.71. The summed E-state index contributed by atoms with van der Waals surface area (Å²) in [6.45, 7) is 3.19. The Kier molecular flexibility index (Phi) is 5.28. The first-order valence-corrected chi connectivity index (χ1v) is 8.13. The molecule has 19 heavy (non-hydrogen) atoms. The summed E-state index contributed by atoms with van der Waals surface area (Å²) in [7, 11) is 2.20. The molecule has 1 aliphatic carbocycles. The van der Waals surface area contributed by atoms with Crippen molar-refractivity contribution < 1.29 is 0 Å². The van der Waals surface area contributed by atoms with Crippen LogP contribution in [0, 0.1) is 5.92 Å². The third kappa shape index (κ3) is 3.96. The van der Waals surface area contributed by atoms with Crippen molar-refractivity contribution in [1.29, 1.82) is 0 Å². The molecule has 2 N–H and O–H groups in total. The number of benzene rings is 1. The number of anilines is 1.